The normalized spacial score (nSPS) is 15.5. The first-order valence-electron chi connectivity index (χ1n) is 9.16. The third kappa shape index (κ3) is 4.66. The summed E-state index contributed by atoms with van der Waals surface area (Å²) in [7, 11) is -2.27. The van der Waals surface area contributed by atoms with Crippen LogP contribution in [0, 0.1) is 11.7 Å². The summed E-state index contributed by atoms with van der Waals surface area (Å²) >= 11 is 0. The Morgan fingerprint density at radius 3 is 2.00 bits per heavy atom. The molecule has 0 aromatic heterocycles. The van der Waals surface area contributed by atoms with Gasteiger partial charge >= 0.3 is 5.92 Å². The van der Waals surface area contributed by atoms with Crippen LogP contribution < -0.4 is 5.73 Å². The highest BCUT2D eigenvalue weighted by molar-refractivity contribution is 6.73. The van der Waals surface area contributed by atoms with Gasteiger partial charge in [0, 0.05) is 11.6 Å². The highest BCUT2D eigenvalue weighted by Gasteiger charge is 2.49. The van der Waals surface area contributed by atoms with Gasteiger partial charge in [0.15, 0.2) is 8.32 Å². The van der Waals surface area contributed by atoms with Gasteiger partial charge in [-0.1, -0.05) is 46.8 Å². The molecule has 0 amide bonds. The van der Waals surface area contributed by atoms with Crippen LogP contribution in [0.3, 0.4) is 0 Å². The van der Waals surface area contributed by atoms with Crippen molar-refractivity contribution in [3.8, 4) is 0 Å². The molecular weight excluding hydrogens is 343 g/mol. The van der Waals surface area contributed by atoms with E-state index in [0.29, 0.717) is 0 Å². The maximum absolute atomic E-state index is 15.3. The maximum atomic E-state index is 15.3. The van der Waals surface area contributed by atoms with E-state index in [-0.39, 0.29) is 5.56 Å². The molecule has 0 spiro atoms. The van der Waals surface area contributed by atoms with Crippen LogP contribution in [0.1, 0.15) is 58.7 Å². The van der Waals surface area contributed by atoms with E-state index in [9.17, 15) is 4.39 Å². The van der Waals surface area contributed by atoms with Crippen LogP contribution in [0.15, 0.2) is 18.2 Å². The van der Waals surface area contributed by atoms with Crippen LogP contribution in [0.2, 0.25) is 18.1 Å². The van der Waals surface area contributed by atoms with Crippen LogP contribution in [-0.2, 0) is 10.3 Å². The quantitative estimate of drug-likeness (QED) is 0.539. The van der Waals surface area contributed by atoms with Crippen LogP contribution in [0.4, 0.5) is 13.2 Å². The fourth-order valence-corrected chi connectivity index (χ4v) is 6.17. The van der Waals surface area contributed by atoms with Gasteiger partial charge in [0.2, 0.25) is 0 Å². The molecule has 2 N–H and O–H groups in total. The predicted octanol–water partition coefficient (Wildman–Crippen LogP) is 5.98. The summed E-state index contributed by atoms with van der Waals surface area (Å²) in [6, 6.07) is 5.68. The van der Waals surface area contributed by atoms with E-state index in [4.69, 9.17) is 10.2 Å². The number of alkyl halides is 2. The van der Waals surface area contributed by atoms with E-state index in [1.165, 1.54) is 12.1 Å². The van der Waals surface area contributed by atoms with Gasteiger partial charge in [-0.3, -0.25) is 0 Å². The number of benzene rings is 1. The Balaban J connectivity index is 3.38. The Kier molecular flexibility index (Phi) is 7.71. The highest BCUT2D eigenvalue weighted by Crippen LogP contribution is 2.42. The molecule has 0 saturated heterocycles. The summed E-state index contributed by atoms with van der Waals surface area (Å²) < 4.78 is 51.5. The molecule has 144 valence electrons. The van der Waals surface area contributed by atoms with Crippen molar-refractivity contribution < 1.29 is 17.6 Å². The van der Waals surface area contributed by atoms with Gasteiger partial charge < -0.3 is 10.2 Å². The summed E-state index contributed by atoms with van der Waals surface area (Å²) in [4.78, 5) is 0. The minimum atomic E-state index is -3.42. The van der Waals surface area contributed by atoms with E-state index in [1.54, 1.807) is 20.8 Å². The molecule has 1 aromatic carbocycles. The molecule has 1 rings (SSSR count). The van der Waals surface area contributed by atoms with Crippen molar-refractivity contribution >= 4 is 8.32 Å². The zero-order chi connectivity index (χ0) is 19.4. The zero-order valence-corrected chi connectivity index (χ0v) is 17.2. The number of nitrogens with two attached hydrogens (primary N) is 1. The van der Waals surface area contributed by atoms with E-state index in [2.05, 4.69) is 0 Å². The standard InChI is InChI=1S/C19H32F3NOSi/c1-7-25(8-2,9-3)24-18(13(4)5)19(21,22)16-12-10-11-15(14(6)23)17(16)20/h10-14,18H,7-9,23H2,1-6H3/t14-,18?/m1/s1. The molecule has 0 aliphatic rings. The average Bonchev–Trinajstić information content (AvgIpc) is 2.55. The lowest BCUT2D eigenvalue weighted by atomic mass is 9.92. The minimum Gasteiger partial charge on any atom is -0.407 e. The van der Waals surface area contributed by atoms with Crippen LogP contribution >= 0.6 is 0 Å². The van der Waals surface area contributed by atoms with Crippen molar-refractivity contribution in [2.24, 2.45) is 11.7 Å². The third-order valence-electron chi connectivity index (χ3n) is 5.15. The molecule has 0 heterocycles. The summed E-state index contributed by atoms with van der Waals surface area (Å²) in [5, 5.41) is 0. The minimum absolute atomic E-state index is 0.102. The summed E-state index contributed by atoms with van der Waals surface area (Å²) in [5.74, 6) is -4.78. The Morgan fingerprint density at radius 1 is 1.08 bits per heavy atom. The highest BCUT2D eigenvalue weighted by atomic mass is 28.4. The van der Waals surface area contributed by atoms with E-state index in [0.717, 1.165) is 24.2 Å². The number of hydrogen-bond acceptors (Lipinski definition) is 2. The Morgan fingerprint density at radius 2 is 1.60 bits per heavy atom. The summed E-state index contributed by atoms with van der Waals surface area (Å²) in [5.41, 5.74) is 5.20. The number of halogens is 3. The monoisotopic (exact) mass is 375 g/mol. The molecule has 2 atom stereocenters. The largest absolute Gasteiger partial charge is 0.407 e. The Labute approximate surface area is 151 Å². The van der Waals surface area contributed by atoms with Crippen LogP contribution in [0.25, 0.3) is 0 Å². The van der Waals surface area contributed by atoms with E-state index in [1.807, 2.05) is 20.8 Å². The second-order valence-corrected chi connectivity index (χ2v) is 11.9. The van der Waals surface area contributed by atoms with Gasteiger partial charge in [-0.15, -0.1) is 0 Å². The Bertz CT molecular complexity index is 551. The van der Waals surface area contributed by atoms with Crippen LogP contribution in [0.5, 0.6) is 0 Å². The first-order valence-corrected chi connectivity index (χ1v) is 11.7. The molecule has 0 aliphatic heterocycles. The molecular formula is C19H32F3NOSi. The van der Waals surface area contributed by atoms with Crippen LogP contribution in [-0.4, -0.2) is 14.4 Å². The molecule has 1 unspecified atom stereocenters. The van der Waals surface area contributed by atoms with Crippen molar-refractivity contribution in [3.63, 3.8) is 0 Å². The van der Waals surface area contributed by atoms with Crippen molar-refractivity contribution in [1.82, 2.24) is 0 Å². The van der Waals surface area contributed by atoms with Gasteiger partial charge in [-0.2, -0.15) is 8.78 Å². The molecule has 1 aromatic rings. The van der Waals surface area contributed by atoms with Crippen molar-refractivity contribution in [3.05, 3.63) is 35.1 Å². The van der Waals surface area contributed by atoms with Gasteiger partial charge in [0.1, 0.15) is 11.9 Å². The second-order valence-electron chi connectivity index (χ2n) is 7.15. The second kappa shape index (κ2) is 8.69. The summed E-state index contributed by atoms with van der Waals surface area (Å²) in [6.45, 7) is 11.0. The fraction of sp³-hybridized carbons (Fsp3) is 0.684. The van der Waals surface area contributed by atoms with Gasteiger partial charge in [-0.05, 0) is 37.0 Å². The molecule has 6 heteroatoms. The van der Waals surface area contributed by atoms with Crippen molar-refractivity contribution in [2.75, 3.05) is 0 Å². The molecule has 0 bridgehead atoms. The number of rotatable bonds is 9. The average molecular weight is 376 g/mol. The van der Waals surface area contributed by atoms with Crippen molar-refractivity contribution in [2.45, 2.75) is 77.7 Å². The molecule has 0 aliphatic carbocycles. The van der Waals surface area contributed by atoms with Gasteiger partial charge in [0.25, 0.3) is 0 Å². The molecule has 0 fully saturated rings. The molecule has 0 saturated carbocycles. The zero-order valence-electron chi connectivity index (χ0n) is 16.2. The van der Waals surface area contributed by atoms with Gasteiger partial charge in [-0.25, -0.2) is 4.39 Å². The topological polar surface area (TPSA) is 35.2 Å². The lowest BCUT2D eigenvalue weighted by molar-refractivity contribution is -0.127. The predicted molar refractivity (Wildman–Crippen MR) is 99.8 cm³/mol. The first-order chi connectivity index (χ1) is 11.6. The van der Waals surface area contributed by atoms with Crippen molar-refractivity contribution in [1.29, 1.82) is 0 Å². The third-order valence-corrected chi connectivity index (χ3v) is 9.77. The van der Waals surface area contributed by atoms with E-state index >= 15 is 8.78 Å². The van der Waals surface area contributed by atoms with Gasteiger partial charge in [0.05, 0.1) is 5.56 Å². The maximum Gasteiger partial charge on any atom is 0.300 e. The molecule has 0 radical (unpaired) electrons. The molecule has 2 nitrogen and oxygen atoms in total. The summed E-state index contributed by atoms with van der Waals surface area (Å²) in [6.07, 6.45) is -1.35. The Hall–Kier alpha value is -0.853. The smallest absolute Gasteiger partial charge is 0.300 e. The van der Waals surface area contributed by atoms with E-state index < -0.39 is 43.7 Å². The SMILES string of the molecule is CC[Si](CC)(CC)OC(C(C)C)C(F)(F)c1cccc([C@@H](C)N)c1F. The fourth-order valence-electron chi connectivity index (χ4n) is 3.21. The first kappa shape index (κ1) is 22.2. The lowest BCUT2D eigenvalue weighted by Gasteiger charge is -2.39. The molecule has 25 heavy (non-hydrogen) atoms. The lowest BCUT2D eigenvalue weighted by Crippen LogP contribution is -2.48. The number of hydrogen-bond donors (Lipinski definition) is 1.